The number of hydrogen-bond donors (Lipinski definition) is 1. The van der Waals surface area contributed by atoms with Crippen molar-refractivity contribution in [2.75, 3.05) is 5.32 Å². The Hall–Kier alpha value is -2.53. The van der Waals surface area contributed by atoms with Crippen molar-refractivity contribution in [1.82, 2.24) is 0 Å². The molecule has 2 aromatic rings. The molecule has 0 heterocycles. The smallest absolute Gasteiger partial charge is 0.255 e. The van der Waals surface area contributed by atoms with E-state index in [1.54, 1.807) is 6.07 Å². The molecule has 0 spiro atoms. The molecular weight excluding hydrogens is 234 g/mol. The van der Waals surface area contributed by atoms with Gasteiger partial charge in [-0.25, -0.2) is 0 Å². The normalized spacial score (nSPS) is 9.74. The van der Waals surface area contributed by atoms with E-state index in [9.17, 15) is 4.79 Å². The lowest BCUT2D eigenvalue weighted by molar-refractivity contribution is 0.102. The van der Waals surface area contributed by atoms with Crippen LogP contribution in [0.2, 0.25) is 0 Å². The van der Waals surface area contributed by atoms with Crippen molar-refractivity contribution in [2.24, 2.45) is 0 Å². The fourth-order valence-electron chi connectivity index (χ4n) is 1.88. The molecule has 0 saturated heterocycles. The molecule has 0 fully saturated rings. The molecule has 2 rings (SSSR count). The molecule has 1 amide bonds. The zero-order chi connectivity index (χ0) is 13.8. The summed E-state index contributed by atoms with van der Waals surface area (Å²) in [6, 6.07) is 13.0. The number of hydrogen-bond acceptors (Lipinski definition) is 1. The van der Waals surface area contributed by atoms with Crippen molar-refractivity contribution in [3.8, 4) is 12.3 Å². The van der Waals surface area contributed by atoms with Gasteiger partial charge in [0, 0.05) is 16.8 Å². The summed E-state index contributed by atoms with van der Waals surface area (Å²) < 4.78 is 0. The Balaban J connectivity index is 2.26. The zero-order valence-electron chi connectivity index (χ0n) is 11.0. The first kappa shape index (κ1) is 12.9. The minimum atomic E-state index is -0.115. The second-order valence-electron chi connectivity index (χ2n) is 4.43. The van der Waals surface area contributed by atoms with Gasteiger partial charge in [0.2, 0.25) is 0 Å². The number of amides is 1. The van der Waals surface area contributed by atoms with Crippen molar-refractivity contribution in [2.45, 2.75) is 13.8 Å². The second-order valence-corrected chi connectivity index (χ2v) is 4.43. The lowest BCUT2D eigenvalue weighted by atomic mass is 10.0. The van der Waals surface area contributed by atoms with E-state index in [4.69, 9.17) is 6.42 Å². The maximum Gasteiger partial charge on any atom is 0.255 e. The van der Waals surface area contributed by atoms with Crippen molar-refractivity contribution in [1.29, 1.82) is 0 Å². The molecule has 0 aromatic heterocycles. The topological polar surface area (TPSA) is 29.1 Å². The monoisotopic (exact) mass is 249 g/mol. The third kappa shape index (κ3) is 2.83. The Labute approximate surface area is 113 Å². The highest BCUT2D eigenvalue weighted by Crippen LogP contribution is 2.16. The van der Waals surface area contributed by atoms with Gasteiger partial charge in [0.25, 0.3) is 5.91 Å². The molecule has 94 valence electrons. The zero-order valence-corrected chi connectivity index (χ0v) is 11.0. The van der Waals surface area contributed by atoms with E-state index in [0.29, 0.717) is 11.3 Å². The van der Waals surface area contributed by atoms with E-state index in [2.05, 4.69) is 11.2 Å². The minimum absolute atomic E-state index is 0.115. The molecule has 0 aliphatic heterocycles. The first-order valence-corrected chi connectivity index (χ1v) is 6.06. The summed E-state index contributed by atoms with van der Waals surface area (Å²) in [6.07, 6.45) is 5.34. The van der Waals surface area contributed by atoms with E-state index >= 15 is 0 Å². The fourth-order valence-corrected chi connectivity index (χ4v) is 1.88. The van der Waals surface area contributed by atoms with E-state index in [1.807, 2.05) is 50.2 Å². The molecule has 19 heavy (non-hydrogen) atoms. The second kappa shape index (κ2) is 5.41. The number of benzene rings is 2. The van der Waals surface area contributed by atoms with Crippen LogP contribution < -0.4 is 5.32 Å². The van der Waals surface area contributed by atoms with Gasteiger partial charge in [0.05, 0.1) is 0 Å². The van der Waals surface area contributed by atoms with Gasteiger partial charge in [-0.05, 0) is 49.2 Å². The Morgan fingerprint density at radius 3 is 2.63 bits per heavy atom. The molecule has 0 bridgehead atoms. The number of aryl methyl sites for hydroxylation is 1. The first-order valence-electron chi connectivity index (χ1n) is 6.06. The lowest BCUT2D eigenvalue weighted by Gasteiger charge is -2.09. The van der Waals surface area contributed by atoms with E-state index in [1.165, 1.54) is 0 Å². The van der Waals surface area contributed by atoms with Crippen LogP contribution >= 0.6 is 0 Å². The fraction of sp³-hybridized carbons (Fsp3) is 0.118. The highest BCUT2D eigenvalue weighted by Gasteiger charge is 2.10. The number of carbonyl (C=O) groups is 1. The van der Waals surface area contributed by atoms with Crippen LogP contribution in [0.3, 0.4) is 0 Å². The van der Waals surface area contributed by atoms with Gasteiger partial charge in [0.15, 0.2) is 0 Å². The van der Waals surface area contributed by atoms with Crippen LogP contribution in [-0.4, -0.2) is 5.91 Å². The van der Waals surface area contributed by atoms with E-state index in [0.717, 1.165) is 16.7 Å². The van der Waals surface area contributed by atoms with Gasteiger partial charge in [-0.2, -0.15) is 0 Å². The molecule has 0 radical (unpaired) electrons. The quantitative estimate of drug-likeness (QED) is 0.810. The Kier molecular flexibility index (Phi) is 3.68. The molecule has 1 N–H and O–H groups in total. The van der Waals surface area contributed by atoms with Crippen molar-refractivity contribution < 1.29 is 4.79 Å². The average Bonchev–Trinajstić information content (AvgIpc) is 2.42. The van der Waals surface area contributed by atoms with Gasteiger partial charge in [-0.15, -0.1) is 6.42 Å². The highest BCUT2D eigenvalue weighted by atomic mass is 16.1. The molecule has 0 unspecified atom stereocenters. The van der Waals surface area contributed by atoms with Crippen LogP contribution in [-0.2, 0) is 0 Å². The van der Waals surface area contributed by atoms with Gasteiger partial charge in [0.1, 0.15) is 0 Å². The first-order chi connectivity index (χ1) is 9.11. The molecule has 0 saturated carbocycles. The van der Waals surface area contributed by atoms with Gasteiger partial charge in [-0.1, -0.05) is 24.1 Å². The molecule has 2 heteroatoms. The van der Waals surface area contributed by atoms with E-state index in [-0.39, 0.29) is 5.91 Å². The highest BCUT2D eigenvalue weighted by molar-refractivity contribution is 6.05. The summed E-state index contributed by atoms with van der Waals surface area (Å²) in [5, 5.41) is 2.87. The summed E-state index contributed by atoms with van der Waals surface area (Å²) in [5.41, 5.74) is 4.24. The van der Waals surface area contributed by atoms with Gasteiger partial charge >= 0.3 is 0 Å². The van der Waals surface area contributed by atoms with Crippen LogP contribution in [0.15, 0.2) is 42.5 Å². The third-order valence-corrected chi connectivity index (χ3v) is 3.14. The van der Waals surface area contributed by atoms with Gasteiger partial charge < -0.3 is 5.32 Å². The van der Waals surface area contributed by atoms with Crippen molar-refractivity contribution in [3.63, 3.8) is 0 Å². The number of nitrogens with one attached hydrogen (secondary N) is 1. The molecule has 0 aliphatic carbocycles. The predicted molar refractivity (Wildman–Crippen MR) is 78.2 cm³/mol. The third-order valence-electron chi connectivity index (χ3n) is 3.14. The Bertz CT molecular complexity index is 665. The maximum absolute atomic E-state index is 12.2. The maximum atomic E-state index is 12.2. The molecule has 2 aromatic carbocycles. The summed E-state index contributed by atoms with van der Waals surface area (Å²) in [5.74, 6) is 2.43. The average molecular weight is 249 g/mol. The molecule has 0 aliphatic rings. The van der Waals surface area contributed by atoms with E-state index < -0.39 is 0 Å². The minimum Gasteiger partial charge on any atom is -0.322 e. The van der Waals surface area contributed by atoms with Crippen LogP contribution in [0.25, 0.3) is 0 Å². The van der Waals surface area contributed by atoms with Gasteiger partial charge in [-0.3, -0.25) is 4.79 Å². The largest absolute Gasteiger partial charge is 0.322 e. The molecular formula is C17H15NO. The number of terminal acetylenes is 1. The van der Waals surface area contributed by atoms with Crippen LogP contribution in [0.5, 0.6) is 0 Å². The van der Waals surface area contributed by atoms with Crippen LogP contribution in [0.4, 0.5) is 5.69 Å². The SMILES string of the molecule is C#Cc1cccc(NC(=O)c2cccc(C)c2C)c1. The summed E-state index contributed by atoms with van der Waals surface area (Å²) in [7, 11) is 0. The lowest BCUT2D eigenvalue weighted by Crippen LogP contribution is -2.13. The molecule has 0 atom stereocenters. The number of carbonyl (C=O) groups excluding carboxylic acids is 1. The summed E-state index contributed by atoms with van der Waals surface area (Å²) >= 11 is 0. The van der Waals surface area contributed by atoms with Crippen molar-refractivity contribution >= 4 is 11.6 Å². The standard InChI is InChI=1S/C17H15NO/c1-4-14-8-6-9-15(11-14)18-17(19)16-10-5-7-12(2)13(16)3/h1,5-11H,2-3H3,(H,18,19). The summed E-state index contributed by atoms with van der Waals surface area (Å²) in [6.45, 7) is 3.94. The molecule has 2 nitrogen and oxygen atoms in total. The number of anilines is 1. The Morgan fingerprint density at radius 1 is 1.16 bits per heavy atom. The Morgan fingerprint density at radius 2 is 1.89 bits per heavy atom. The summed E-state index contributed by atoms with van der Waals surface area (Å²) in [4.78, 5) is 12.2. The predicted octanol–water partition coefficient (Wildman–Crippen LogP) is 3.54. The van der Waals surface area contributed by atoms with Crippen molar-refractivity contribution in [3.05, 3.63) is 64.7 Å². The van der Waals surface area contributed by atoms with Crippen LogP contribution in [0, 0.1) is 26.2 Å². The van der Waals surface area contributed by atoms with Crippen LogP contribution in [0.1, 0.15) is 27.0 Å². The number of rotatable bonds is 2.